The van der Waals surface area contributed by atoms with Gasteiger partial charge in [0.1, 0.15) is 0 Å². The van der Waals surface area contributed by atoms with Gasteiger partial charge >= 0.3 is 0 Å². The fraction of sp³-hybridized carbons (Fsp3) is 0.600. The van der Waals surface area contributed by atoms with Gasteiger partial charge in [0.15, 0.2) is 5.69 Å². The number of aromatic nitrogens is 2. The van der Waals surface area contributed by atoms with Crippen molar-refractivity contribution in [2.75, 3.05) is 33.0 Å². The number of hydrogen-bond donors (Lipinski definition) is 1. The van der Waals surface area contributed by atoms with Crippen LogP contribution < -0.4 is 5.73 Å². The van der Waals surface area contributed by atoms with Crippen LogP contribution >= 0.6 is 0 Å². The first kappa shape index (κ1) is 12.5. The van der Waals surface area contributed by atoms with E-state index in [0.29, 0.717) is 24.5 Å². The minimum atomic E-state index is -0.158. The summed E-state index contributed by atoms with van der Waals surface area (Å²) < 4.78 is 6.46. The van der Waals surface area contributed by atoms with Crippen LogP contribution in [0.1, 0.15) is 16.9 Å². The van der Waals surface area contributed by atoms with Crippen LogP contribution in [0.15, 0.2) is 6.20 Å². The molecule has 0 aliphatic heterocycles. The summed E-state index contributed by atoms with van der Waals surface area (Å²) in [6, 6.07) is 0. The van der Waals surface area contributed by atoms with Crippen LogP contribution in [0.3, 0.4) is 0 Å². The minimum Gasteiger partial charge on any atom is -0.396 e. The lowest BCUT2D eigenvalue weighted by atomic mass is 10.3. The van der Waals surface area contributed by atoms with Crippen LogP contribution in [0.4, 0.5) is 5.69 Å². The second kappa shape index (κ2) is 5.50. The van der Waals surface area contributed by atoms with Gasteiger partial charge in [-0.05, 0) is 6.42 Å². The van der Waals surface area contributed by atoms with Crippen molar-refractivity contribution in [1.82, 2.24) is 14.7 Å². The smallest absolute Gasteiger partial charge is 0.276 e. The minimum absolute atomic E-state index is 0.158. The fourth-order valence-corrected chi connectivity index (χ4v) is 1.40. The van der Waals surface area contributed by atoms with Crippen molar-refractivity contribution in [2.24, 2.45) is 7.05 Å². The summed E-state index contributed by atoms with van der Waals surface area (Å²) >= 11 is 0. The van der Waals surface area contributed by atoms with Gasteiger partial charge < -0.3 is 15.4 Å². The average Bonchev–Trinajstić information content (AvgIpc) is 2.57. The summed E-state index contributed by atoms with van der Waals surface area (Å²) in [5.41, 5.74) is 6.40. The number of ether oxygens (including phenoxy) is 1. The molecule has 0 aliphatic rings. The van der Waals surface area contributed by atoms with E-state index in [1.807, 2.05) is 0 Å². The second-order valence-corrected chi connectivity index (χ2v) is 3.68. The Kier molecular flexibility index (Phi) is 4.30. The largest absolute Gasteiger partial charge is 0.396 e. The zero-order valence-electron chi connectivity index (χ0n) is 9.93. The Balaban J connectivity index is 2.60. The normalized spacial score (nSPS) is 10.4. The summed E-state index contributed by atoms with van der Waals surface area (Å²) in [5.74, 6) is -0.158. The molecule has 0 spiro atoms. The molecule has 6 nitrogen and oxygen atoms in total. The van der Waals surface area contributed by atoms with Gasteiger partial charge in [0, 0.05) is 40.6 Å². The summed E-state index contributed by atoms with van der Waals surface area (Å²) in [5, 5.41) is 4.03. The van der Waals surface area contributed by atoms with Crippen molar-refractivity contribution in [2.45, 2.75) is 6.42 Å². The molecule has 0 saturated carbocycles. The van der Waals surface area contributed by atoms with Crippen LogP contribution in [0.5, 0.6) is 0 Å². The lowest BCUT2D eigenvalue weighted by molar-refractivity contribution is 0.0774. The molecule has 0 saturated heterocycles. The van der Waals surface area contributed by atoms with Crippen molar-refractivity contribution in [3.8, 4) is 0 Å². The molecule has 16 heavy (non-hydrogen) atoms. The van der Waals surface area contributed by atoms with E-state index in [0.717, 1.165) is 6.42 Å². The van der Waals surface area contributed by atoms with E-state index in [2.05, 4.69) is 5.10 Å². The second-order valence-electron chi connectivity index (χ2n) is 3.68. The van der Waals surface area contributed by atoms with Crippen LogP contribution in [-0.4, -0.2) is 47.9 Å². The van der Waals surface area contributed by atoms with Gasteiger partial charge in [-0.1, -0.05) is 0 Å². The quantitative estimate of drug-likeness (QED) is 0.723. The molecular weight excluding hydrogens is 208 g/mol. The first-order valence-electron chi connectivity index (χ1n) is 5.09. The lowest BCUT2D eigenvalue weighted by Gasteiger charge is -2.15. The van der Waals surface area contributed by atoms with Gasteiger partial charge in [-0.15, -0.1) is 0 Å². The highest BCUT2D eigenvalue weighted by molar-refractivity contribution is 5.96. The van der Waals surface area contributed by atoms with E-state index >= 15 is 0 Å². The number of nitrogens with zero attached hydrogens (tertiary/aromatic N) is 3. The van der Waals surface area contributed by atoms with Gasteiger partial charge in [-0.3, -0.25) is 9.48 Å². The van der Waals surface area contributed by atoms with Crippen LogP contribution in [0.2, 0.25) is 0 Å². The number of hydrogen-bond acceptors (Lipinski definition) is 4. The molecule has 1 aromatic rings. The number of aryl methyl sites for hydroxylation is 1. The SMILES string of the molecule is COCCCN(C)C(=O)c1nn(C)cc1N. The molecule has 1 aromatic heterocycles. The molecule has 0 radical (unpaired) electrons. The number of nitrogens with two attached hydrogens (primary N) is 1. The molecule has 2 N–H and O–H groups in total. The maximum atomic E-state index is 11.9. The molecule has 0 aliphatic carbocycles. The summed E-state index contributed by atoms with van der Waals surface area (Å²) in [6.07, 6.45) is 2.42. The molecule has 1 rings (SSSR count). The third-order valence-corrected chi connectivity index (χ3v) is 2.25. The summed E-state index contributed by atoms with van der Waals surface area (Å²) in [7, 11) is 5.10. The van der Waals surface area contributed by atoms with Crippen LogP contribution in [0, 0.1) is 0 Å². The van der Waals surface area contributed by atoms with Gasteiger partial charge in [0.2, 0.25) is 0 Å². The fourth-order valence-electron chi connectivity index (χ4n) is 1.40. The molecule has 0 fully saturated rings. The maximum absolute atomic E-state index is 11.9. The number of carbonyl (C=O) groups is 1. The van der Waals surface area contributed by atoms with Crippen molar-refractivity contribution < 1.29 is 9.53 Å². The lowest BCUT2D eigenvalue weighted by Crippen LogP contribution is -2.29. The van der Waals surface area contributed by atoms with Crippen molar-refractivity contribution >= 4 is 11.6 Å². The monoisotopic (exact) mass is 226 g/mol. The van der Waals surface area contributed by atoms with Gasteiger partial charge in [-0.25, -0.2) is 0 Å². The molecule has 6 heteroatoms. The Morgan fingerprint density at radius 3 is 2.88 bits per heavy atom. The van der Waals surface area contributed by atoms with Crippen LogP contribution in [-0.2, 0) is 11.8 Å². The third kappa shape index (κ3) is 2.96. The molecular formula is C10H18N4O2. The van der Waals surface area contributed by atoms with E-state index < -0.39 is 0 Å². The number of nitrogen functional groups attached to an aromatic ring is 1. The van der Waals surface area contributed by atoms with Crippen molar-refractivity contribution in [1.29, 1.82) is 0 Å². The standard InChI is InChI=1S/C10H18N4O2/c1-13(5-4-6-16-3)10(15)9-8(11)7-14(2)12-9/h7H,4-6,11H2,1-3H3. The Morgan fingerprint density at radius 2 is 2.38 bits per heavy atom. The molecule has 90 valence electrons. The molecule has 0 unspecified atom stereocenters. The van der Waals surface area contributed by atoms with E-state index in [4.69, 9.17) is 10.5 Å². The average molecular weight is 226 g/mol. The molecule has 1 heterocycles. The molecule has 0 aromatic carbocycles. The van der Waals surface area contributed by atoms with E-state index in [-0.39, 0.29) is 5.91 Å². The van der Waals surface area contributed by atoms with E-state index in [9.17, 15) is 4.79 Å². The zero-order chi connectivity index (χ0) is 12.1. The molecule has 0 bridgehead atoms. The number of anilines is 1. The van der Waals surface area contributed by atoms with E-state index in [1.165, 1.54) is 4.68 Å². The van der Waals surface area contributed by atoms with Gasteiger partial charge in [0.05, 0.1) is 5.69 Å². The third-order valence-electron chi connectivity index (χ3n) is 2.25. The number of methoxy groups -OCH3 is 1. The van der Waals surface area contributed by atoms with Gasteiger partial charge in [-0.2, -0.15) is 5.10 Å². The summed E-state index contributed by atoms with van der Waals surface area (Å²) in [6.45, 7) is 1.26. The van der Waals surface area contributed by atoms with Crippen molar-refractivity contribution in [3.05, 3.63) is 11.9 Å². The topological polar surface area (TPSA) is 73.4 Å². The predicted octanol–water partition coefficient (Wildman–Crippen LogP) is 0.111. The Morgan fingerprint density at radius 1 is 1.69 bits per heavy atom. The highest BCUT2D eigenvalue weighted by atomic mass is 16.5. The van der Waals surface area contributed by atoms with E-state index in [1.54, 1.807) is 32.3 Å². The Bertz CT molecular complexity index is 362. The van der Waals surface area contributed by atoms with Crippen LogP contribution in [0.25, 0.3) is 0 Å². The zero-order valence-corrected chi connectivity index (χ0v) is 9.93. The van der Waals surface area contributed by atoms with Crippen molar-refractivity contribution in [3.63, 3.8) is 0 Å². The Labute approximate surface area is 95.0 Å². The molecule has 0 atom stereocenters. The van der Waals surface area contributed by atoms with Gasteiger partial charge in [0.25, 0.3) is 5.91 Å². The molecule has 1 amide bonds. The predicted molar refractivity (Wildman–Crippen MR) is 61.1 cm³/mol. The first-order valence-corrected chi connectivity index (χ1v) is 5.09. The number of amides is 1. The first-order chi connectivity index (χ1) is 7.56. The summed E-state index contributed by atoms with van der Waals surface area (Å²) in [4.78, 5) is 13.5. The highest BCUT2D eigenvalue weighted by Gasteiger charge is 2.17. The Hall–Kier alpha value is -1.56. The number of carbonyl (C=O) groups excluding carboxylic acids is 1. The number of rotatable bonds is 5. The maximum Gasteiger partial charge on any atom is 0.276 e. The highest BCUT2D eigenvalue weighted by Crippen LogP contribution is 2.10.